The van der Waals surface area contributed by atoms with E-state index in [4.69, 9.17) is 0 Å². The van der Waals surface area contributed by atoms with Gasteiger partial charge in [-0.2, -0.15) is 0 Å². The number of nitrogens with zero attached hydrogens (tertiary/aromatic N) is 6. The Morgan fingerprint density at radius 1 is 0.186 bits per heavy atom. The third kappa shape index (κ3) is 10.9. The monoisotopic (exact) mass is 1320 g/mol. The first-order valence-corrected chi connectivity index (χ1v) is 37.4. The van der Waals surface area contributed by atoms with Gasteiger partial charge in [0.15, 0.2) is 0 Å². The quantitative estimate of drug-likeness (QED) is 0.122. The largest absolute Gasteiger partial charge is 0.313 e. The molecule has 4 heterocycles. The maximum Gasteiger partial charge on any atom is 0.0534 e. The van der Waals surface area contributed by atoms with E-state index in [1.54, 1.807) is 0 Å². The van der Waals surface area contributed by atoms with Crippen LogP contribution in [0.15, 0.2) is 303 Å². The van der Waals surface area contributed by atoms with E-state index in [1.807, 2.05) is 0 Å². The van der Waals surface area contributed by atoms with Crippen LogP contribution in [0.3, 0.4) is 0 Å². The average Bonchev–Trinajstić information content (AvgIpc) is 1.55. The number of benzene rings is 12. The molecule has 16 aromatic rings. The summed E-state index contributed by atoms with van der Waals surface area (Å²) >= 11 is 0. The highest BCUT2D eigenvalue weighted by Gasteiger charge is 2.29. The minimum Gasteiger partial charge on any atom is -0.313 e. The van der Waals surface area contributed by atoms with Gasteiger partial charge in [0.05, 0.1) is 56.2 Å². The number of hydrogen-bond donors (Lipinski definition) is 0. The first-order chi connectivity index (χ1) is 50.6. The molecule has 20 rings (SSSR count). The van der Waals surface area contributed by atoms with Crippen molar-refractivity contribution < 1.29 is 0 Å². The zero-order chi connectivity index (χ0) is 67.5. The zero-order valence-electron chi connectivity index (χ0n) is 57.9. The zero-order valence-corrected chi connectivity index (χ0v) is 57.9. The lowest BCUT2D eigenvalue weighted by atomic mass is 9.95. The second-order valence-corrected chi connectivity index (χ2v) is 28.5. The van der Waals surface area contributed by atoms with Crippen molar-refractivity contribution in [2.75, 3.05) is 9.80 Å². The third-order valence-electron chi connectivity index (χ3n) is 22.5. The van der Waals surface area contributed by atoms with Crippen molar-refractivity contribution in [3.05, 3.63) is 348 Å². The Morgan fingerprint density at radius 3 is 0.696 bits per heavy atom. The van der Waals surface area contributed by atoms with Gasteiger partial charge in [-0.05, 0) is 256 Å². The van der Waals surface area contributed by atoms with Crippen LogP contribution in [-0.4, -0.2) is 18.3 Å². The molecule has 0 aliphatic heterocycles. The lowest BCUT2D eigenvalue weighted by Crippen LogP contribution is -2.13. The first kappa shape index (κ1) is 61.5. The van der Waals surface area contributed by atoms with Gasteiger partial charge in [-0.1, -0.05) is 194 Å². The molecule has 0 saturated heterocycles. The molecule has 0 bridgehead atoms. The Labute approximate surface area is 598 Å². The van der Waals surface area contributed by atoms with Gasteiger partial charge >= 0.3 is 0 Å². The first-order valence-electron chi connectivity index (χ1n) is 37.4. The summed E-state index contributed by atoms with van der Waals surface area (Å²) < 4.78 is 10.4. The third-order valence-corrected chi connectivity index (χ3v) is 22.5. The topological polar surface area (TPSA) is 26.2 Å². The maximum absolute atomic E-state index is 2.60. The van der Waals surface area contributed by atoms with Gasteiger partial charge in [-0.3, -0.25) is 0 Å². The van der Waals surface area contributed by atoms with Gasteiger partial charge in [-0.25, -0.2) is 0 Å². The van der Waals surface area contributed by atoms with Crippen molar-refractivity contribution in [2.24, 2.45) is 0 Å². The summed E-state index contributed by atoms with van der Waals surface area (Å²) in [5.41, 5.74) is 33.9. The molecule has 0 atom stereocenters. The Balaban J connectivity index is 0.000000145. The summed E-state index contributed by atoms with van der Waals surface area (Å²) in [6.07, 6.45) is 19.0. The number of hydrogen-bond acceptors (Lipinski definition) is 2. The molecule has 102 heavy (non-hydrogen) atoms. The summed E-state index contributed by atoms with van der Waals surface area (Å²) in [4.78, 5) is 4.89. The molecule has 0 saturated carbocycles. The van der Waals surface area contributed by atoms with E-state index in [-0.39, 0.29) is 0 Å². The minimum absolute atomic E-state index is 1.09. The minimum atomic E-state index is 1.09. The van der Waals surface area contributed by atoms with E-state index in [1.165, 1.54) is 191 Å². The van der Waals surface area contributed by atoms with Crippen LogP contribution in [0.25, 0.3) is 88.6 Å². The predicted molar refractivity (Wildman–Crippen MR) is 427 cm³/mol. The van der Waals surface area contributed by atoms with Crippen molar-refractivity contribution in [3.8, 4) is 45.0 Å². The van der Waals surface area contributed by atoms with Crippen LogP contribution in [0.4, 0.5) is 34.1 Å². The molecular weight excluding hydrogens is 1240 g/mol. The summed E-state index contributed by atoms with van der Waals surface area (Å²) in [5, 5.41) is 5.61. The van der Waals surface area contributed by atoms with E-state index in [0.29, 0.717) is 0 Å². The van der Waals surface area contributed by atoms with Gasteiger partial charge in [-0.15, -0.1) is 0 Å². The molecule has 0 radical (unpaired) electrons. The van der Waals surface area contributed by atoms with Crippen molar-refractivity contribution in [1.82, 2.24) is 18.3 Å². The van der Waals surface area contributed by atoms with Gasteiger partial charge in [0.2, 0.25) is 0 Å². The van der Waals surface area contributed by atoms with Crippen molar-refractivity contribution in [1.29, 1.82) is 0 Å². The molecule has 0 N–H and O–H groups in total. The Kier molecular flexibility index (Phi) is 16.0. The fourth-order valence-electron chi connectivity index (χ4n) is 18.0. The Morgan fingerprint density at radius 2 is 0.412 bits per heavy atom. The van der Waals surface area contributed by atoms with Gasteiger partial charge < -0.3 is 28.1 Å². The van der Waals surface area contributed by atoms with Crippen LogP contribution in [0.5, 0.6) is 0 Å². The van der Waals surface area contributed by atoms with Crippen LogP contribution in [-0.2, 0) is 51.4 Å². The van der Waals surface area contributed by atoms with Gasteiger partial charge in [0, 0.05) is 67.1 Å². The second kappa shape index (κ2) is 26.5. The summed E-state index contributed by atoms with van der Waals surface area (Å²) in [7, 11) is 0. The lowest BCUT2D eigenvalue weighted by Gasteiger charge is -2.28. The number of fused-ring (bicyclic) bond motifs is 12. The van der Waals surface area contributed by atoms with Crippen molar-refractivity contribution in [3.63, 3.8) is 0 Å². The molecular formula is C96H82N6. The summed E-state index contributed by atoms with van der Waals surface area (Å²) in [6, 6.07) is 112. The van der Waals surface area contributed by atoms with Gasteiger partial charge in [0.1, 0.15) is 0 Å². The summed E-state index contributed by atoms with van der Waals surface area (Å²) in [6.45, 7) is 0. The van der Waals surface area contributed by atoms with Crippen LogP contribution in [0.2, 0.25) is 0 Å². The fourth-order valence-corrected chi connectivity index (χ4v) is 18.0. The highest BCUT2D eigenvalue weighted by Crippen LogP contribution is 2.46. The number of aryl methyl sites for hydroxylation is 4. The molecule has 6 nitrogen and oxygen atoms in total. The van der Waals surface area contributed by atoms with Gasteiger partial charge in [0.25, 0.3) is 0 Å². The molecule has 12 aromatic carbocycles. The van der Waals surface area contributed by atoms with Crippen molar-refractivity contribution >= 4 is 77.7 Å². The van der Waals surface area contributed by atoms with Crippen molar-refractivity contribution in [2.45, 2.75) is 103 Å². The molecule has 496 valence electrons. The molecule has 0 unspecified atom stereocenters. The molecule has 0 amide bonds. The second-order valence-electron chi connectivity index (χ2n) is 28.5. The normalized spacial score (nSPS) is 14.0. The Bertz CT molecular complexity index is 5410. The average molecular weight is 1320 g/mol. The molecule has 6 heteroatoms. The molecule has 0 spiro atoms. The van der Waals surface area contributed by atoms with Crippen LogP contribution < -0.4 is 9.80 Å². The summed E-state index contributed by atoms with van der Waals surface area (Å²) in [5.74, 6) is 0. The fraction of sp³-hybridized carbons (Fsp3) is 0.167. The van der Waals surface area contributed by atoms with Crippen LogP contribution >= 0.6 is 0 Å². The molecule has 0 fully saturated rings. The van der Waals surface area contributed by atoms with E-state index in [2.05, 4.69) is 331 Å². The molecule has 4 aliphatic carbocycles. The smallest absolute Gasteiger partial charge is 0.0534 e. The molecule has 4 aliphatic rings. The lowest BCUT2D eigenvalue weighted by molar-refractivity contribution is 0.665. The van der Waals surface area contributed by atoms with E-state index in [0.717, 1.165) is 79.8 Å². The Hall–Kier alpha value is -11.6. The standard InChI is InChI=1S/C54H45N3.C42H37N3/c1-3-15-38(16-4-1)40-27-31-42(32-28-40)55(43-33-29-41(30-34-43)39-17-5-2-6-18-39)44-35-45(56-51-23-11-7-19-47(51)48-20-8-12-24-52(48)56)37-46(36-44)57-53-25-13-9-21-49(53)50-22-10-14-26-54(50)57;1-3-15-30(16-4-1)43(31-17-5-2-6-18-31)32-27-33(44-39-23-11-7-19-35(39)36-20-8-12-24-40(36)44)29-34(28-32)45-41-25-13-9-21-37(41)38-22-10-14-26-42(38)45/h1-7,9,11,13,15-19,21,23,25,27-37H,8,10,12,14,20,22,24,26H2;1-7,9,11,13,15-19,21,23,25,27-29H,8,10,12,14,20,22,24,26H2. The van der Waals surface area contributed by atoms with E-state index >= 15 is 0 Å². The SMILES string of the molecule is c1ccc(-c2ccc(N(c3ccc(-c4ccccc4)cc3)c3cc(-n4c5c(c6ccccc64)CCCC5)cc(-n4c5c(c6ccccc64)CCCC5)c3)cc2)cc1.c1ccc(N(c2ccccc2)c2cc(-n3c4c(c5ccccc53)CCCC4)cc(-n3c4c(c5ccccc53)CCCC4)c2)cc1. The predicted octanol–water partition coefficient (Wildman–Crippen LogP) is 24.9. The van der Waals surface area contributed by atoms with E-state index in [9.17, 15) is 0 Å². The number of para-hydroxylation sites is 6. The van der Waals surface area contributed by atoms with Crippen LogP contribution in [0.1, 0.15) is 96.4 Å². The number of anilines is 6. The molecule has 4 aromatic heterocycles. The number of aromatic nitrogens is 4. The highest BCUT2D eigenvalue weighted by molar-refractivity contribution is 5.94. The van der Waals surface area contributed by atoms with E-state index < -0.39 is 0 Å². The maximum atomic E-state index is 2.60. The highest BCUT2D eigenvalue weighted by atomic mass is 15.2. The number of rotatable bonds is 12. The van der Waals surface area contributed by atoms with Crippen LogP contribution in [0, 0.1) is 0 Å².